The highest BCUT2D eigenvalue weighted by Gasteiger charge is 2.27. The van der Waals surface area contributed by atoms with E-state index < -0.39 is 29.5 Å². The minimum Gasteiger partial charge on any atom is -0.357 e. The molecule has 1 atom stereocenters. The van der Waals surface area contributed by atoms with Crippen LogP contribution in [-0.4, -0.2) is 28.6 Å². The summed E-state index contributed by atoms with van der Waals surface area (Å²) in [5.74, 6) is -3.43. The lowest BCUT2D eigenvalue weighted by Crippen LogP contribution is -2.39. The van der Waals surface area contributed by atoms with Crippen LogP contribution in [0.3, 0.4) is 0 Å². The smallest absolute Gasteiger partial charge is 0.257 e. The van der Waals surface area contributed by atoms with Crippen molar-refractivity contribution in [2.75, 3.05) is 7.05 Å². The summed E-state index contributed by atoms with van der Waals surface area (Å²) in [6, 6.07) is 9.54. The van der Waals surface area contributed by atoms with E-state index in [2.05, 4.69) is 15.7 Å². The number of hydrogen-bond acceptors (Lipinski definition) is 3. The number of nitrogens with one attached hydrogen (secondary N) is 2. The number of carbonyl (C=O) groups excluding carboxylic acids is 2. The van der Waals surface area contributed by atoms with Crippen molar-refractivity contribution in [3.8, 4) is 0 Å². The number of aromatic nitrogens is 2. The number of likely N-dealkylation sites (N-methyl/N-ethyl adjacent to an activating group) is 1. The van der Waals surface area contributed by atoms with Crippen LogP contribution in [0, 0.1) is 25.5 Å². The molecule has 0 fully saturated rings. The summed E-state index contributed by atoms with van der Waals surface area (Å²) in [6.07, 6.45) is 0. The second-order valence-corrected chi connectivity index (χ2v) is 7.45. The molecule has 0 radical (unpaired) electrons. The van der Waals surface area contributed by atoms with Gasteiger partial charge in [0.2, 0.25) is 5.91 Å². The summed E-state index contributed by atoms with van der Waals surface area (Å²) in [4.78, 5) is 25.3. The van der Waals surface area contributed by atoms with Gasteiger partial charge in [-0.1, -0.05) is 47.5 Å². The van der Waals surface area contributed by atoms with Crippen molar-refractivity contribution in [2.45, 2.75) is 26.4 Å². The minimum absolute atomic E-state index is 0.0902. The van der Waals surface area contributed by atoms with Crippen molar-refractivity contribution >= 4 is 23.4 Å². The number of hydrogen-bond donors (Lipinski definition) is 2. The zero-order chi connectivity index (χ0) is 22.7. The van der Waals surface area contributed by atoms with E-state index in [4.69, 9.17) is 11.6 Å². The molecule has 0 aliphatic heterocycles. The van der Waals surface area contributed by atoms with E-state index >= 15 is 0 Å². The number of benzene rings is 2. The van der Waals surface area contributed by atoms with E-state index in [1.807, 2.05) is 31.2 Å². The Morgan fingerprint density at radius 3 is 2.39 bits per heavy atom. The van der Waals surface area contributed by atoms with E-state index in [0.29, 0.717) is 12.2 Å². The van der Waals surface area contributed by atoms with Gasteiger partial charge >= 0.3 is 0 Å². The average Bonchev–Trinajstić information content (AvgIpc) is 3.02. The number of amides is 2. The molecule has 6 nitrogen and oxygen atoms in total. The zero-order valence-corrected chi connectivity index (χ0v) is 17.9. The van der Waals surface area contributed by atoms with Crippen LogP contribution in [0.1, 0.15) is 38.8 Å². The SMILES string of the molecule is CNC(=O)C(NC(=O)c1c(C)nn(Cc2ccc(C)cc2)c1Cl)c1ccc(F)c(F)c1. The third-order valence-corrected chi connectivity index (χ3v) is 5.19. The van der Waals surface area contributed by atoms with Gasteiger partial charge in [0.25, 0.3) is 5.91 Å². The number of carbonyl (C=O) groups is 2. The highest BCUT2D eigenvalue weighted by atomic mass is 35.5. The van der Waals surface area contributed by atoms with Gasteiger partial charge in [-0.15, -0.1) is 0 Å². The molecular formula is C22H21ClF2N4O2. The summed E-state index contributed by atoms with van der Waals surface area (Å²) in [6.45, 7) is 3.96. The fourth-order valence-electron chi connectivity index (χ4n) is 3.12. The largest absolute Gasteiger partial charge is 0.357 e. The van der Waals surface area contributed by atoms with E-state index in [-0.39, 0.29) is 16.3 Å². The first-order valence-corrected chi connectivity index (χ1v) is 9.85. The van der Waals surface area contributed by atoms with Crippen molar-refractivity contribution < 1.29 is 18.4 Å². The summed E-state index contributed by atoms with van der Waals surface area (Å²) in [5, 5.41) is 9.38. The van der Waals surface area contributed by atoms with Crippen LogP contribution in [0.4, 0.5) is 8.78 Å². The summed E-state index contributed by atoms with van der Waals surface area (Å²) >= 11 is 6.42. The van der Waals surface area contributed by atoms with Crippen molar-refractivity contribution in [1.82, 2.24) is 20.4 Å². The van der Waals surface area contributed by atoms with E-state index in [1.165, 1.54) is 17.8 Å². The number of aryl methyl sites for hydroxylation is 2. The zero-order valence-electron chi connectivity index (χ0n) is 17.2. The molecule has 3 aromatic rings. The predicted octanol–water partition coefficient (Wildman–Crippen LogP) is 3.70. The van der Waals surface area contributed by atoms with Gasteiger partial charge in [0.15, 0.2) is 11.6 Å². The van der Waals surface area contributed by atoms with Crippen molar-refractivity contribution in [3.05, 3.63) is 87.2 Å². The summed E-state index contributed by atoms with van der Waals surface area (Å²) in [7, 11) is 1.37. The average molecular weight is 447 g/mol. The fourth-order valence-corrected chi connectivity index (χ4v) is 3.44. The van der Waals surface area contributed by atoms with Gasteiger partial charge in [-0.25, -0.2) is 13.5 Å². The first-order chi connectivity index (χ1) is 14.7. The number of nitrogens with zero attached hydrogens (tertiary/aromatic N) is 2. The Hall–Kier alpha value is -3.26. The molecule has 0 saturated carbocycles. The molecule has 1 heterocycles. The molecule has 1 aromatic heterocycles. The summed E-state index contributed by atoms with van der Waals surface area (Å²) in [5.41, 5.74) is 2.63. The Morgan fingerprint density at radius 2 is 1.77 bits per heavy atom. The maximum Gasteiger partial charge on any atom is 0.257 e. The van der Waals surface area contributed by atoms with Gasteiger partial charge < -0.3 is 10.6 Å². The Morgan fingerprint density at radius 1 is 1.10 bits per heavy atom. The molecule has 0 bridgehead atoms. The van der Waals surface area contributed by atoms with Gasteiger partial charge in [-0.3, -0.25) is 9.59 Å². The van der Waals surface area contributed by atoms with Gasteiger partial charge in [0, 0.05) is 7.05 Å². The maximum absolute atomic E-state index is 13.7. The van der Waals surface area contributed by atoms with Crippen molar-refractivity contribution in [2.24, 2.45) is 0 Å². The fraction of sp³-hybridized carbons (Fsp3) is 0.227. The van der Waals surface area contributed by atoms with Crippen LogP contribution in [-0.2, 0) is 11.3 Å². The molecule has 162 valence electrons. The highest BCUT2D eigenvalue weighted by Crippen LogP contribution is 2.23. The second kappa shape index (κ2) is 9.26. The lowest BCUT2D eigenvalue weighted by atomic mass is 10.0. The summed E-state index contributed by atoms with van der Waals surface area (Å²) < 4.78 is 28.5. The normalized spacial score (nSPS) is 11.8. The molecule has 0 spiro atoms. The number of halogens is 3. The first kappa shape index (κ1) is 22.4. The predicted molar refractivity (Wildman–Crippen MR) is 113 cm³/mol. The van der Waals surface area contributed by atoms with Crippen LogP contribution in [0.5, 0.6) is 0 Å². The molecule has 1 unspecified atom stereocenters. The Balaban J connectivity index is 1.88. The van der Waals surface area contributed by atoms with Gasteiger partial charge in [-0.05, 0) is 37.1 Å². The van der Waals surface area contributed by atoms with Crippen molar-refractivity contribution in [1.29, 1.82) is 0 Å². The van der Waals surface area contributed by atoms with Crippen LogP contribution >= 0.6 is 11.6 Å². The van der Waals surface area contributed by atoms with Gasteiger partial charge in [0.1, 0.15) is 11.2 Å². The lowest BCUT2D eigenvalue weighted by molar-refractivity contribution is -0.122. The van der Waals surface area contributed by atoms with Crippen LogP contribution < -0.4 is 10.6 Å². The van der Waals surface area contributed by atoms with E-state index in [1.54, 1.807) is 6.92 Å². The molecule has 3 rings (SSSR count). The Bertz CT molecular complexity index is 1130. The van der Waals surface area contributed by atoms with Crippen LogP contribution in [0.2, 0.25) is 5.15 Å². The Kier molecular flexibility index (Phi) is 6.70. The van der Waals surface area contributed by atoms with Gasteiger partial charge in [0.05, 0.1) is 17.8 Å². The molecule has 9 heteroatoms. The lowest BCUT2D eigenvalue weighted by Gasteiger charge is -2.18. The monoisotopic (exact) mass is 446 g/mol. The number of rotatable bonds is 6. The quantitative estimate of drug-likeness (QED) is 0.606. The molecule has 2 N–H and O–H groups in total. The molecule has 2 aromatic carbocycles. The molecular weight excluding hydrogens is 426 g/mol. The molecule has 31 heavy (non-hydrogen) atoms. The highest BCUT2D eigenvalue weighted by molar-refractivity contribution is 6.33. The molecule has 0 aliphatic rings. The van der Waals surface area contributed by atoms with E-state index in [0.717, 1.165) is 23.3 Å². The maximum atomic E-state index is 13.7. The van der Waals surface area contributed by atoms with Crippen molar-refractivity contribution in [3.63, 3.8) is 0 Å². The van der Waals surface area contributed by atoms with Gasteiger partial charge in [-0.2, -0.15) is 5.10 Å². The molecule has 0 saturated heterocycles. The molecule has 2 amide bonds. The molecule has 0 aliphatic carbocycles. The Labute approximate surface area is 183 Å². The third-order valence-electron chi connectivity index (χ3n) is 4.81. The van der Waals surface area contributed by atoms with Crippen LogP contribution in [0.15, 0.2) is 42.5 Å². The topological polar surface area (TPSA) is 76.0 Å². The first-order valence-electron chi connectivity index (χ1n) is 9.47. The third kappa shape index (κ3) is 4.91. The second-order valence-electron chi connectivity index (χ2n) is 7.09. The van der Waals surface area contributed by atoms with E-state index in [9.17, 15) is 18.4 Å². The standard InChI is InChI=1S/C22H21ClF2N4O2/c1-12-4-6-14(7-5-12)11-29-20(23)18(13(2)28-29)21(30)27-19(22(31)26-3)15-8-9-16(24)17(25)10-15/h4-10,19H,11H2,1-3H3,(H,26,31)(H,27,30). The minimum atomic E-state index is -1.25. The van der Waals surface area contributed by atoms with Crippen LogP contribution in [0.25, 0.3) is 0 Å².